The second kappa shape index (κ2) is 6.64. The van der Waals surface area contributed by atoms with E-state index < -0.39 is 5.92 Å². The first-order chi connectivity index (χ1) is 11.0. The van der Waals surface area contributed by atoms with Gasteiger partial charge in [0, 0.05) is 18.7 Å². The lowest BCUT2D eigenvalue weighted by molar-refractivity contribution is -0.126. The van der Waals surface area contributed by atoms with E-state index in [1.807, 2.05) is 0 Å². The predicted octanol–water partition coefficient (Wildman–Crippen LogP) is 3.26. The molecule has 1 aromatic heterocycles. The monoisotopic (exact) mass is 352 g/mol. The first-order valence-electron chi connectivity index (χ1n) is 7.10. The lowest BCUT2D eigenvalue weighted by Gasteiger charge is -2.17. The van der Waals surface area contributed by atoms with E-state index in [4.69, 9.17) is 27.6 Å². The Kier molecular flexibility index (Phi) is 4.59. The maximum Gasteiger partial charge on any atom is 0.227 e. The van der Waals surface area contributed by atoms with Gasteiger partial charge in [-0.1, -0.05) is 23.2 Å². The first-order valence-corrected chi connectivity index (χ1v) is 7.85. The smallest absolute Gasteiger partial charge is 0.227 e. The minimum absolute atomic E-state index is 0.110. The van der Waals surface area contributed by atoms with Crippen LogP contribution in [0.4, 0.5) is 5.69 Å². The normalized spacial score (nSPS) is 17.6. The standard InChI is InChI=1S/C16H14Cl2N2O3/c17-13-4-3-11(7-14(13)18)20-9-10(6-15(20)21)16(22)19-8-12-2-1-5-23-12/h1-5,7,10H,6,8-9H2,(H,19,22). The van der Waals surface area contributed by atoms with Crippen LogP contribution in [0, 0.1) is 5.92 Å². The molecule has 1 atom stereocenters. The molecule has 7 heteroatoms. The zero-order valence-electron chi connectivity index (χ0n) is 12.1. The van der Waals surface area contributed by atoms with Gasteiger partial charge in [0.2, 0.25) is 11.8 Å². The third-order valence-corrected chi connectivity index (χ3v) is 4.47. The molecule has 3 rings (SSSR count). The molecule has 0 bridgehead atoms. The van der Waals surface area contributed by atoms with Gasteiger partial charge in [-0.2, -0.15) is 0 Å². The molecule has 1 N–H and O–H groups in total. The molecule has 1 aromatic carbocycles. The van der Waals surface area contributed by atoms with Gasteiger partial charge < -0.3 is 14.6 Å². The van der Waals surface area contributed by atoms with Crippen molar-refractivity contribution in [3.05, 3.63) is 52.4 Å². The number of nitrogens with one attached hydrogen (secondary N) is 1. The zero-order chi connectivity index (χ0) is 16.4. The molecule has 2 amide bonds. The topological polar surface area (TPSA) is 62.6 Å². The van der Waals surface area contributed by atoms with Crippen LogP contribution in [0.3, 0.4) is 0 Å². The van der Waals surface area contributed by atoms with Crippen LogP contribution < -0.4 is 10.2 Å². The maximum absolute atomic E-state index is 12.2. The van der Waals surface area contributed by atoms with Crippen molar-refractivity contribution in [1.29, 1.82) is 0 Å². The minimum Gasteiger partial charge on any atom is -0.467 e. The van der Waals surface area contributed by atoms with E-state index in [1.54, 1.807) is 41.5 Å². The average Bonchev–Trinajstić information content (AvgIpc) is 3.17. The number of benzene rings is 1. The summed E-state index contributed by atoms with van der Waals surface area (Å²) in [7, 11) is 0. The van der Waals surface area contributed by atoms with Crippen LogP contribution in [0.5, 0.6) is 0 Å². The SMILES string of the molecule is O=C(NCc1ccco1)C1CC(=O)N(c2ccc(Cl)c(Cl)c2)C1. The number of hydrogen-bond donors (Lipinski definition) is 1. The predicted molar refractivity (Wildman–Crippen MR) is 87.5 cm³/mol. The van der Waals surface area contributed by atoms with Crippen LogP contribution in [-0.4, -0.2) is 18.4 Å². The number of hydrogen-bond acceptors (Lipinski definition) is 3. The number of carbonyl (C=O) groups is 2. The molecular weight excluding hydrogens is 339 g/mol. The summed E-state index contributed by atoms with van der Waals surface area (Å²) in [6.07, 6.45) is 1.72. The summed E-state index contributed by atoms with van der Waals surface area (Å²) in [6, 6.07) is 8.52. The minimum atomic E-state index is -0.396. The number of furan rings is 1. The fraction of sp³-hybridized carbons (Fsp3) is 0.250. The van der Waals surface area contributed by atoms with Crippen molar-refractivity contribution in [2.45, 2.75) is 13.0 Å². The van der Waals surface area contributed by atoms with Crippen molar-refractivity contribution in [3.63, 3.8) is 0 Å². The number of amides is 2. The summed E-state index contributed by atoms with van der Waals surface area (Å²) < 4.78 is 5.16. The molecule has 0 aliphatic carbocycles. The summed E-state index contributed by atoms with van der Waals surface area (Å²) in [4.78, 5) is 25.9. The van der Waals surface area contributed by atoms with Crippen molar-refractivity contribution in [1.82, 2.24) is 5.32 Å². The van der Waals surface area contributed by atoms with E-state index in [-0.39, 0.29) is 18.2 Å². The molecule has 1 aliphatic rings. The Bertz CT molecular complexity index is 731. The second-order valence-electron chi connectivity index (χ2n) is 5.30. The molecule has 0 spiro atoms. The number of anilines is 1. The highest BCUT2D eigenvalue weighted by Crippen LogP contribution is 2.31. The Morgan fingerprint density at radius 1 is 1.30 bits per heavy atom. The van der Waals surface area contributed by atoms with E-state index in [1.165, 1.54) is 0 Å². The van der Waals surface area contributed by atoms with E-state index >= 15 is 0 Å². The van der Waals surface area contributed by atoms with Gasteiger partial charge in [-0.25, -0.2) is 0 Å². The van der Waals surface area contributed by atoms with Crippen molar-refractivity contribution < 1.29 is 14.0 Å². The summed E-state index contributed by atoms with van der Waals surface area (Å²) >= 11 is 11.9. The van der Waals surface area contributed by atoms with Crippen LogP contribution in [0.15, 0.2) is 41.0 Å². The van der Waals surface area contributed by atoms with Gasteiger partial charge in [-0.05, 0) is 30.3 Å². The summed E-state index contributed by atoms with van der Waals surface area (Å²) in [5.74, 6) is -0.00484. The van der Waals surface area contributed by atoms with Gasteiger partial charge in [0.25, 0.3) is 0 Å². The molecule has 120 valence electrons. The first kappa shape index (κ1) is 15.9. The van der Waals surface area contributed by atoms with E-state index in [0.717, 1.165) is 0 Å². The molecule has 0 saturated carbocycles. The zero-order valence-corrected chi connectivity index (χ0v) is 13.6. The van der Waals surface area contributed by atoms with Crippen molar-refractivity contribution >= 4 is 40.7 Å². The third-order valence-electron chi connectivity index (χ3n) is 3.73. The largest absolute Gasteiger partial charge is 0.467 e. The Morgan fingerprint density at radius 3 is 2.83 bits per heavy atom. The lowest BCUT2D eigenvalue weighted by Crippen LogP contribution is -2.32. The van der Waals surface area contributed by atoms with Gasteiger partial charge in [-0.3, -0.25) is 9.59 Å². The van der Waals surface area contributed by atoms with E-state index in [0.29, 0.717) is 34.6 Å². The lowest BCUT2D eigenvalue weighted by atomic mass is 10.1. The quantitative estimate of drug-likeness (QED) is 0.918. The fourth-order valence-corrected chi connectivity index (χ4v) is 2.81. The van der Waals surface area contributed by atoms with Gasteiger partial charge in [-0.15, -0.1) is 0 Å². The Labute approximate surface area is 143 Å². The molecule has 0 radical (unpaired) electrons. The summed E-state index contributed by atoms with van der Waals surface area (Å²) in [6.45, 7) is 0.629. The second-order valence-corrected chi connectivity index (χ2v) is 6.12. The van der Waals surface area contributed by atoms with Crippen LogP contribution in [0.25, 0.3) is 0 Å². The van der Waals surface area contributed by atoms with Gasteiger partial charge in [0.1, 0.15) is 5.76 Å². The van der Waals surface area contributed by atoms with E-state index in [2.05, 4.69) is 5.32 Å². The third kappa shape index (κ3) is 3.51. The number of nitrogens with zero attached hydrogens (tertiary/aromatic N) is 1. The number of carbonyl (C=O) groups excluding carboxylic acids is 2. The van der Waals surface area contributed by atoms with Crippen molar-refractivity contribution in [2.24, 2.45) is 5.92 Å². The van der Waals surface area contributed by atoms with Gasteiger partial charge >= 0.3 is 0 Å². The molecule has 23 heavy (non-hydrogen) atoms. The summed E-state index contributed by atoms with van der Waals surface area (Å²) in [5, 5.41) is 3.58. The highest BCUT2D eigenvalue weighted by molar-refractivity contribution is 6.42. The molecule has 1 fully saturated rings. The Balaban J connectivity index is 1.64. The van der Waals surface area contributed by atoms with Crippen LogP contribution in [-0.2, 0) is 16.1 Å². The number of halogens is 2. The van der Waals surface area contributed by atoms with Crippen molar-refractivity contribution in [3.8, 4) is 0 Å². The average molecular weight is 353 g/mol. The van der Waals surface area contributed by atoms with Crippen molar-refractivity contribution in [2.75, 3.05) is 11.4 Å². The fourth-order valence-electron chi connectivity index (χ4n) is 2.52. The van der Waals surface area contributed by atoms with E-state index in [9.17, 15) is 9.59 Å². The highest BCUT2D eigenvalue weighted by Gasteiger charge is 2.35. The molecular formula is C16H14Cl2N2O3. The molecule has 1 saturated heterocycles. The van der Waals surface area contributed by atoms with Gasteiger partial charge in [0.05, 0.1) is 28.8 Å². The Hall–Kier alpha value is -1.98. The molecule has 1 aliphatic heterocycles. The maximum atomic E-state index is 12.2. The molecule has 2 aromatic rings. The molecule has 5 nitrogen and oxygen atoms in total. The van der Waals surface area contributed by atoms with Gasteiger partial charge in [0.15, 0.2) is 0 Å². The van der Waals surface area contributed by atoms with Crippen LogP contribution >= 0.6 is 23.2 Å². The number of rotatable bonds is 4. The molecule has 1 unspecified atom stereocenters. The summed E-state index contributed by atoms with van der Waals surface area (Å²) in [5.41, 5.74) is 0.644. The Morgan fingerprint density at radius 2 is 2.13 bits per heavy atom. The van der Waals surface area contributed by atoms with Crippen LogP contribution in [0.2, 0.25) is 10.0 Å². The van der Waals surface area contributed by atoms with Crippen LogP contribution in [0.1, 0.15) is 12.2 Å². The molecule has 2 heterocycles. The highest BCUT2D eigenvalue weighted by atomic mass is 35.5.